The first-order valence-electron chi connectivity index (χ1n) is 12.7. The molecule has 11 nitrogen and oxygen atoms in total. The largest absolute Gasteiger partial charge is 0.454 e. The first-order chi connectivity index (χ1) is 18.9. The predicted molar refractivity (Wildman–Crippen MR) is 146 cm³/mol. The van der Waals surface area contributed by atoms with Gasteiger partial charge in [0.05, 0.1) is 12.1 Å². The van der Waals surface area contributed by atoms with Gasteiger partial charge >= 0.3 is 5.97 Å². The normalized spacial score (nSPS) is 12.7. The number of esters is 1. The van der Waals surface area contributed by atoms with E-state index in [1.54, 1.807) is 7.05 Å². The molecule has 0 saturated carbocycles. The molecular formula is C27H31ClN8O3. The lowest BCUT2D eigenvalue weighted by atomic mass is 9.95. The van der Waals surface area contributed by atoms with Crippen LogP contribution < -0.4 is 11.1 Å². The highest BCUT2D eigenvalue weighted by Crippen LogP contribution is 2.34. The summed E-state index contributed by atoms with van der Waals surface area (Å²) < 4.78 is 5.92. The van der Waals surface area contributed by atoms with Gasteiger partial charge in [0, 0.05) is 18.4 Å². The molecule has 204 valence electrons. The highest BCUT2D eigenvalue weighted by atomic mass is 35.5. The number of aromatic nitrogens is 6. The van der Waals surface area contributed by atoms with E-state index in [0.29, 0.717) is 23.8 Å². The number of rotatable bonds is 13. The summed E-state index contributed by atoms with van der Waals surface area (Å²) >= 11 is 6.53. The van der Waals surface area contributed by atoms with Gasteiger partial charge in [-0.15, -0.1) is 10.2 Å². The second-order valence-electron chi connectivity index (χ2n) is 9.11. The molecule has 1 amide bonds. The van der Waals surface area contributed by atoms with Crippen molar-refractivity contribution in [2.75, 3.05) is 7.05 Å². The molecule has 2 aromatic heterocycles. The number of hydrogen-bond donors (Lipinski definition) is 4. The van der Waals surface area contributed by atoms with Crippen molar-refractivity contribution in [2.24, 2.45) is 5.73 Å². The van der Waals surface area contributed by atoms with Crippen LogP contribution in [0.2, 0.25) is 5.15 Å². The van der Waals surface area contributed by atoms with Gasteiger partial charge in [0.2, 0.25) is 11.7 Å². The fourth-order valence-electron chi connectivity index (χ4n) is 4.28. The van der Waals surface area contributed by atoms with E-state index in [-0.39, 0.29) is 18.0 Å². The van der Waals surface area contributed by atoms with E-state index >= 15 is 0 Å². The number of benzene rings is 2. The van der Waals surface area contributed by atoms with Gasteiger partial charge in [-0.05, 0) is 41.4 Å². The van der Waals surface area contributed by atoms with Crippen LogP contribution in [0.4, 0.5) is 0 Å². The molecule has 0 aliphatic carbocycles. The Kier molecular flexibility index (Phi) is 9.40. The molecule has 5 N–H and O–H groups in total. The van der Waals surface area contributed by atoms with Crippen LogP contribution in [0.5, 0.6) is 0 Å². The summed E-state index contributed by atoms with van der Waals surface area (Å²) in [6, 6.07) is 14.8. The number of likely N-dealkylation sites (N-methyl/N-ethyl adjacent to an activating group) is 1. The lowest BCUT2D eigenvalue weighted by molar-refractivity contribution is -0.153. The molecule has 0 radical (unpaired) electrons. The van der Waals surface area contributed by atoms with Crippen molar-refractivity contribution in [1.29, 1.82) is 0 Å². The first-order valence-corrected chi connectivity index (χ1v) is 13.1. The molecule has 2 aromatic carbocycles. The van der Waals surface area contributed by atoms with E-state index in [0.717, 1.165) is 35.1 Å². The van der Waals surface area contributed by atoms with E-state index < -0.39 is 24.0 Å². The van der Waals surface area contributed by atoms with Crippen molar-refractivity contribution in [3.05, 3.63) is 70.8 Å². The Hall–Kier alpha value is -4.09. The molecule has 0 aliphatic heterocycles. The molecular weight excluding hydrogens is 520 g/mol. The predicted octanol–water partition coefficient (Wildman–Crippen LogP) is 3.54. The number of nitrogens with one attached hydrogen (secondary N) is 3. The van der Waals surface area contributed by atoms with Crippen LogP contribution >= 0.6 is 11.6 Å². The average Bonchev–Trinajstić information content (AvgIpc) is 3.60. The van der Waals surface area contributed by atoms with Crippen molar-refractivity contribution in [1.82, 2.24) is 35.9 Å². The summed E-state index contributed by atoms with van der Waals surface area (Å²) in [4.78, 5) is 32.2. The molecule has 4 aromatic rings. The number of aryl methyl sites for hydroxylation is 1. The van der Waals surface area contributed by atoms with Crippen molar-refractivity contribution in [3.63, 3.8) is 0 Å². The zero-order valence-electron chi connectivity index (χ0n) is 21.8. The van der Waals surface area contributed by atoms with Gasteiger partial charge in [0.1, 0.15) is 18.0 Å². The highest BCUT2D eigenvalue weighted by molar-refractivity contribution is 6.30. The number of halogens is 1. The lowest BCUT2D eigenvalue weighted by Gasteiger charge is -2.21. The minimum Gasteiger partial charge on any atom is -0.454 e. The Morgan fingerprint density at radius 3 is 2.62 bits per heavy atom. The fourth-order valence-corrected chi connectivity index (χ4v) is 4.55. The van der Waals surface area contributed by atoms with Crippen LogP contribution in [-0.2, 0) is 27.2 Å². The van der Waals surface area contributed by atoms with Crippen LogP contribution in [-0.4, -0.2) is 55.6 Å². The number of amides is 1. The number of primary amides is 1. The second kappa shape index (κ2) is 13.1. The molecule has 4 rings (SSSR count). The summed E-state index contributed by atoms with van der Waals surface area (Å²) in [5.74, 6) is -0.0959. The second-order valence-corrected chi connectivity index (χ2v) is 9.47. The molecule has 0 bridgehead atoms. The summed E-state index contributed by atoms with van der Waals surface area (Å²) in [6.45, 7) is 2.09. The molecule has 2 atom stereocenters. The van der Waals surface area contributed by atoms with Gasteiger partial charge in [-0.3, -0.25) is 9.59 Å². The first kappa shape index (κ1) is 27.9. The number of ether oxygens (including phenoxy) is 1. The van der Waals surface area contributed by atoms with E-state index in [4.69, 9.17) is 22.1 Å². The van der Waals surface area contributed by atoms with Crippen LogP contribution in [0, 0.1) is 0 Å². The third-order valence-corrected chi connectivity index (χ3v) is 6.58. The SMILES string of the molecule is CCCCc1nc(Cl)c([C@H](Cc2ccc(-c3ccccc3)c(-c3nn[nH]n3)c2)OC(=O)[C@H](CC(N)=O)NC)[nH]1. The molecule has 0 fully saturated rings. The Balaban J connectivity index is 1.70. The van der Waals surface area contributed by atoms with E-state index in [2.05, 4.69) is 42.8 Å². The van der Waals surface area contributed by atoms with E-state index in [1.807, 2.05) is 48.5 Å². The minimum atomic E-state index is -0.901. The van der Waals surface area contributed by atoms with Crippen molar-refractivity contribution < 1.29 is 14.3 Å². The van der Waals surface area contributed by atoms with Gasteiger partial charge in [-0.1, -0.05) is 67.4 Å². The van der Waals surface area contributed by atoms with Gasteiger partial charge < -0.3 is 20.8 Å². The van der Waals surface area contributed by atoms with Crippen LogP contribution in [0.15, 0.2) is 48.5 Å². The Bertz CT molecular complexity index is 1390. The number of carbonyl (C=O) groups excluding carboxylic acids is 2. The summed E-state index contributed by atoms with van der Waals surface area (Å²) in [7, 11) is 1.56. The number of H-pyrrole nitrogens is 2. The Labute approximate surface area is 230 Å². The van der Waals surface area contributed by atoms with Crippen LogP contribution in [0.3, 0.4) is 0 Å². The average molecular weight is 551 g/mol. The smallest absolute Gasteiger partial charge is 0.324 e. The Morgan fingerprint density at radius 1 is 1.15 bits per heavy atom. The number of carbonyl (C=O) groups is 2. The van der Waals surface area contributed by atoms with Gasteiger partial charge in [0.15, 0.2) is 5.15 Å². The fraction of sp³-hybridized carbons (Fsp3) is 0.333. The molecule has 12 heteroatoms. The van der Waals surface area contributed by atoms with Crippen LogP contribution in [0.25, 0.3) is 22.5 Å². The third-order valence-electron chi connectivity index (χ3n) is 6.30. The highest BCUT2D eigenvalue weighted by Gasteiger charge is 2.28. The monoisotopic (exact) mass is 550 g/mol. The van der Waals surface area contributed by atoms with Gasteiger partial charge in [0.25, 0.3) is 0 Å². The third kappa shape index (κ3) is 7.06. The lowest BCUT2D eigenvalue weighted by Crippen LogP contribution is -2.39. The number of aromatic amines is 2. The van der Waals surface area contributed by atoms with Crippen molar-refractivity contribution in [3.8, 4) is 22.5 Å². The number of nitrogens with two attached hydrogens (primary N) is 1. The standard InChI is InChI=1S/C27H31ClN8O3/c1-3-4-10-23-31-24(25(28)32-23)21(39-27(38)20(30-2)15-22(29)37)14-16-11-12-18(17-8-6-5-7-9-17)19(13-16)26-33-35-36-34-26/h5-9,11-13,20-21,30H,3-4,10,14-15H2,1-2H3,(H2,29,37)(H,31,32)(H,33,34,35,36)/t20-,21-/m0/s1. The minimum absolute atomic E-state index is 0.200. The summed E-state index contributed by atoms with van der Waals surface area (Å²) in [6.07, 6.45) is 1.91. The molecule has 0 unspecified atom stereocenters. The summed E-state index contributed by atoms with van der Waals surface area (Å²) in [5.41, 5.74) is 9.33. The van der Waals surface area contributed by atoms with Crippen molar-refractivity contribution in [2.45, 2.75) is 51.2 Å². The van der Waals surface area contributed by atoms with Gasteiger partial charge in [-0.2, -0.15) is 5.21 Å². The number of nitrogens with zero attached hydrogens (tertiary/aromatic N) is 4. The molecule has 2 heterocycles. The number of unbranched alkanes of at least 4 members (excludes halogenated alkanes) is 1. The number of tetrazole rings is 1. The molecule has 39 heavy (non-hydrogen) atoms. The van der Waals surface area contributed by atoms with Gasteiger partial charge in [-0.25, -0.2) is 4.98 Å². The number of hydrogen-bond acceptors (Lipinski definition) is 8. The van der Waals surface area contributed by atoms with Crippen molar-refractivity contribution >= 4 is 23.5 Å². The quantitative estimate of drug-likeness (QED) is 0.183. The molecule has 0 spiro atoms. The molecule has 0 saturated heterocycles. The topological polar surface area (TPSA) is 165 Å². The maximum Gasteiger partial charge on any atom is 0.324 e. The van der Waals surface area contributed by atoms with Crippen LogP contribution in [0.1, 0.15) is 49.4 Å². The Morgan fingerprint density at radius 2 is 1.95 bits per heavy atom. The zero-order chi connectivity index (χ0) is 27.8. The number of imidazole rings is 1. The maximum absolute atomic E-state index is 13.1. The zero-order valence-corrected chi connectivity index (χ0v) is 22.5. The summed E-state index contributed by atoms with van der Waals surface area (Å²) in [5, 5.41) is 17.6. The van der Waals surface area contributed by atoms with E-state index in [1.165, 1.54) is 0 Å². The maximum atomic E-state index is 13.1. The van der Waals surface area contributed by atoms with E-state index in [9.17, 15) is 9.59 Å². The molecule has 0 aliphatic rings.